The largest absolute Gasteiger partial charge is 0.457 e. The number of para-hydroxylation sites is 1. The zero-order valence-corrected chi connectivity index (χ0v) is 16.3. The van der Waals surface area contributed by atoms with Crippen molar-refractivity contribution in [1.82, 2.24) is 15.1 Å². The molecule has 142 valence electrons. The van der Waals surface area contributed by atoms with Gasteiger partial charge in [-0.25, -0.2) is 0 Å². The van der Waals surface area contributed by atoms with Gasteiger partial charge in [0.1, 0.15) is 11.5 Å². The Bertz CT molecular complexity index is 796. The average molecular weight is 364 g/mol. The third-order valence-corrected chi connectivity index (χ3v) is 4.56. The van der Waals surface area contributed by atoms with Crippen LogP contribution < -0.4 is 10.1 Å². The van der Waals surface area contributed by atoms with Crippen molar-refractivity contribution < 1.29 is 4.74 Å². The van der Waals surface area contributed by atoms with Crippen molar-refractivity contribution >= 4 is 0 Å². The first-order chi connectivity index (χ1) is 13.2. The fraction of sp³-hybridized carbons (Fsp3) is 0.348. The molecule has 0 bridgehead atoms. The van der Waals surface area contributed by atoms with E-state index in [1.807, 2.05) is 41.2 Å². The SMILES string of the molecule is CCCC(NCCCn1cc(C)cn1)c1ccc(Oc2ccccc2)cc1. The molecule has 1 unspecified atom stereocenters. The van der Waals surface area contributed by atoms with Gasteiger partial charge in [0, 0.05) is 18.8 Å². The van der Waals surface area contributed by atoms with E-state index in [1.165, 1.54) is 11.1 Å². The lowest BCUT2D eigenvalue weighted by atomic mass is 10.0. The summed E-state index contributed by atoms with van der Waals surface area (Å²) in [6.45, 7) is 6.23. The standard InChI is InChI=1S/C23H29N3O/c1-3-8-23(24-15-7-16-26-18-19(2)17-25-26)20-11-13-22(14-12-20)27-21-9-5-4-6-10-21/h4-6,9-14,17-18,23-24H,3,7-8,15-16H2,1-2H3. The minimum Gasteiger partial charge on any atom is -0.457 e. The van der Waals surface area contributed by atoms with Crippen molar-refractivity contribution in [2.75, 3.05) is 6.54 Å². The van der Waals surface area contributed by atoms with Gasteiger partial charge < -0.3 is 10.1 Å². The van der Waals surface area contributed by atoms with Crippen molar-refractivity contribution in [3.05, 3.63) is 78.1 Å². The fourth-order valence-electron chi connectivity index (χ4n) is 3.17. The number of hydrogen-bond acceptors (Lipinski definition) is 3. The Kier molecular flexibility index (Phi) is 7.05. The van der Waals surface area contributed by atoms with Crippen LogP contribution in [0.2, 0.25) is 0 Å². The lowest BCUT2D eigenvalue weighted by molar-refractivity contribution is 0.461. The highest BCUT2D eigenvalue weighted by Gasteiger charge is 2.10. The molecule has 0 amide bonds. The van der Waals surface area contributed by atoms with Gasteiger partial charge in [-0.3, -0.25) is 4.68 Å². The van der Waals surface area contributed by atoms with Gasteiger partial charge in [-0.2, -0.15) is 5.10 Å². The van der Waals surface area contributed by atoms with Gasteiger partial charge in [0.25, 0.3) is 0 Å². The van der Waals surface area contributed by atoms with Gasteiger partial charge in [0.15, 0.2) is 0 Å². The van der Waals surface area contributed by atoms with Gasteiger partial charge in [0.2, 0.25) is 0 Å². The number of hydrogen-bond donors (Lipinski definition) is 1. The van der Waals surface area contributed by atoms with Crippen molar-refractivity contribution in [2.24, 2.45) is 0 Å². The van der Waals surface area contributed by atoms with Crippen molar-refractivity contribution in [3.63, 3.8) is 0 Å². The van der Waals surface area contributed by atoms with E-state index in [4.69, 9.17) is 4.74 Å². The van der Waals surface area contributed by atoms with Crippen LogP contribution in [0.4, 0.5) is 0 Å². The van der Waals surface area contributed by atoms with Crippen molar-refractivity contribution in [3.8, 4) is 11.5 Å². The summed E-state index contributed by atoms with van der Waals surface area (Å²) in [5.74, 6) is 1.73. The molecule has 2 aromatic carbocycles. The second-order valence-corrected chi connectivity index (χ2v) is 6.91. The quantitative estimate of drug-likeness (QED) is 0.483. The van der Waals surface area contributed by atoms with Gasteiger partial charge in [-0.1, -0.05) is 43.7 Å². The monoisotopic (exact) mass is 363 g/mol. The molecule has 0 spiro atoms. The maximum atomic E-state index is 5.89. The molecule has 0 saturated heterocycles. The summed E-state index contributed by atoms with van der Waals surface area (Å²) in [6.07, 6.45) is 7.34. The molecule has 27 heavy (non-hydrogen) atoms. The topological polar surface area (TPSA) is 39.1 Å². The average Bonchev–Trinajstić information content (AvgIpc) is 3.11. The van der Waals surface area contributed by atoms with Crippen LogP contribution in [0.25, 0.3) is 0 Å². The predicted molar refractivity (Wildman–Crippen MR) is 110 cm³/mol. The van der Waals surface area contributed by atoms with E-state index in [0.717, 1.165) is 43.9 Å². The smallest absolute Gasteiger partial charge is 0.127 e. The van der Waals surface area contributed by atoms with E-state index >= 15 is 0 Å². The number of benzene rings is 2. The zero-order chi connectivity index (χ0) is 18.9. The van der Waals surface area contributed by atoms with E-state index in [9.17, 15) is 0 Å². The molecule has 1 heterocycles. The van der Waals surface area contributed by atoms with Crippen LogP contribution in [0.15, 0.2) is 67.0 Å². The number of nitrogens with zero attached hydrogens (tertiary/aromatic N) is 2. The fourth-order valence-corrected chi connectivity index (χ4v) is 3.17. The van der Waals surface area contributed by atoms with E-state index in [1.54, 1.807) is 0 Å². The molecule has 0 aliphatic heterocycles. The van der Waals surface area contributed by atoms with Gasteiger partial charge in [-0.15, -0.1) is 0 Å². The maximum Gasteiger partial charge on any atom is 0.127 e. The molecule has 1 aromatic heterocycles. The molecule has 0 aliphatic rings. The minimum atomic E-state index is 0.375. The molecule has 3 rings (SSSR count). The Balaban J connectivity index is 1.52. The van der Waals surface area contributed by atoms with Crippen LogP contribution in [-0.2, 0) is 6.54 Å². The first-order valence-electron chi connectivity index (χ1n) is 9.80. The number of rotatable bonds is 10. The number of nitrogens with one attached hydrogen (secondary N) is 1. The summed E-state index contributed by atoms with van der Waals surface area (Å²) >= 11 is 0. The highest BCUT2D eigenvalue weighted by Crippen LogP contribution is 2.25. The van der Waals surface area contributed by atoms with Gasteiger partial charge >= 0.3 is 0 Å². The third-order valence-electron chi connectivity index (χ3n) is 4.56. The molecule has 0 radical (unpaired) electrons. The van der Waals surface area contributed by atoms with Crippen LogP contribution in [0.3, 0.4) is 0 Å². The van der Waals surface area contributed by atoms with E-state index in [0.29, 0.717) is 6.04 Å². The molecule has 0 aliphatic carbocycles. The van der Waals surface area contributed by atoms with E-state index < -0.39 is 0 Å². The van der Waals surface area contributed by atoms with Crippen LogP contribution in [0.5, 0.6) is 11.5 Å². The minimum absolute atomic E-state index is 0.375. The number of ether oxygens (including phenoxy) is 1. The second kappa shape index (κ2) is 9.93. The van der Waals surface area contributed by atoms with Crippen LogP contribution >= 0.6 is 0 Å². The lowest BCUT2D eigenvalue weighted by Crippen LogP contribution is -2.23. The Morgan fingerprint density at radius 1 is 1.04 bits per heavy atom. The molecule has 0 fully saturated rings. The Morgan fingerprint density at radius 2 is 1.78 bits per heavy atom. The molecule has 4 heteroatoms. The lowest BCUT2D eigenvalue weighted by Gasteiger charge is -2.19. The molecule has 0 saturated carbocycles. The van der Waals surface area contributed by atoms with E-state index in [-0.39, 0.29) is 0 Å². The summed E-state index contributed by atoms with van der Waals surface area (Å²) < 4.78 is 7.91. The molecular weight excluding hydrogens is 334 g/mol. The Hall–Kier alpha value is -2.59. The first-order valence-corrected chi connectivity index (χ1v) is 9.80. The number of aryl methyl sites for hydroxylation is 2. The van der Waals surface area contributed by atoms with Crippen LogP contribution in [0, 0.1) is 6.92 Å². The maximum absolute atomic E-state index is 5.89. The highest BCUT2D eigenvalue weighted by molar-refractivity contribution is 5.33. The van der Waals surface area contributed by atoms with Crippen LogP contribution in [0.1, 0.15) is 43.4 Å². The molecule has 1 atom stereocenters. The van der Waals surface area contributed by atoms with E-state index in [2.05, 4.69) is 54.7 Å². The van der Waals surface area contributed by atoms with Gasteiger partial charge in [0.05, 0.1) is 6.20 Å². The Morgan fingerprint density at radius 3 is 2.44 bits per heavy atom. The summed E-state index contributed by atoms with van der Waals surface area (Å²) in [5, 5.41) is 8.05. The molecule has 4 nitrogen and oxygen atoms in total. The Labute approximate surface area is 162 Å². The normalized spacial score (nSPS) is 12.1. The van der Waals surface area contributed by atoms with Gasteiger partial charge in [-0.05, 0) is 61.7 Å². The van der Waals surface area contributed by atoms with Crippen molar-refractivity contribution in [2.45, 2.75) is 45.7 Å². The van der Waals surface area contributed by atoms with Crippen LogP contribution in [-0.4, -0.2) is 16.3 Å². The highest BCUT2D eigenvalue weighted by atomic mass is 16.5. The summed E-state index contributed by atoms with van der Waals surface area (Å²) in [7, 11) is 0. The molecule has 1 N–H and O–H groups in total. The summed E-state index contributed by atoms with van der Waals surface area (Å²) in [4.78, 5) is 0. The summed E-state index contributed by atoms with van der Waals surface area (Å²) in [6, 6.07) is 18.7. The third kappa shape index (κ3) is 5.97. The summed E-state index contributed by atoms with van der Waals surface area (Å²) in [5.41, 5.74) is 2.52. The molecule has 3 aromatic rings. The predicted octanol–water partition coefficient (Wildman–Crippen LogP) is 5.50. The zero-order valence-electron chi connectivity index (χ0n) is 16.3. The number of aromatic nitrogens is 2. The first kappa shape index (κ1) is 19.2. The molecular formula is C23H29N3O. The second-order valence-electron chi connectivity index (χ2n) is 6.91. The van der Waals surface area contributed by atoms with Crippen molar-refractivity contribution in [1.29, 1.82) is 0 Å².